The summed E-state index contributed by atoms with van der Waals surface area (Å²) < 4.78 is 3.59. The summed E-state index contributed by atoms with van der Waals surface area (Å²) in [4.78, 5) is 12.6. The molecule has 1 N–H and O–H groups in total. The highest BCUT2D eigenvalue weighted by Crippen LogP contribution is 2.21. The molecule has 3 rings (SSSR count). The van der Waals surface area contributed by atoms with Crippen LogP contribution in [0.15, 0.2) is 30.3 Å². The van der Waals surface area contributed by atoms with Crippen LogP contribution in [0.1, 0.15) is 29.6 Å². The summed E-state index contributed by atoms with van der Waals surface area (Å²) in [5.41, 5.74) is 3.54. The fraction of sp³-hybridized carbons (Fsp3) is 0.350. The number of aryl methyl sites for hydroxylation is 2. The number of nitrogens with zero attached hydrogens (tertiary/aromatic N) is 4. The second-order valence-corrected chi connectivity index (χ2v) is 7.76. The molecule has 1 aromatic carbocycles. The van der Waals surface area contributed by atoms with Gasteiger partial charge in [-0.2, -0.15) is 10.2 Å². The molecule has 0 spiro atoms. The molecular weight excluding hydrogens is 397 g/mol. The van der Waals surface area contributed by atoms with E-state index in [1.54, 1.807) is 4.68 Å². The Morgan fingerprint density at radius 3 is 2.50 bits per heavy atom. The molecule has 8 heteroatoms. The van der Waals surface area contributed by atoms with Crippen LogP contribution in [0.25, 0.3) is 0 Å². The summed E-state index contributed by atoms with van der Waals surface area (Å²) in [7, 11) is 0. The average Bonchev–Trinajstić information content (AvgIpc) is 3.11. The van der Waals surface area contributed by atoms with Crippen molar-refractivity contribution >= 4 is 34.9 Å². The Hall–Kier alpha value is -2.31. The normalized spacial score (nSPS) is 12.2. The van der Waals surface area contributed by atoms with Crippen LogP contribution in [0.3, 0.4) is 0 Å². The number of aromatic nitrogens is 4. The van der Waals surface area contributed by atoms with Gasteiger partial charge in [0.15, 0.2) is 5.82 Å². The van der Waals surface area contributed by atoms with Crippen molar-refractivity contribution in [1.29, 1.82) is 0 Å². The molecular formula is C20H23Cl2N5O. The number of hydrogen-bond acceptors (Lipinski definition) is 3. The third-order valence-electron chi connectivity index (χ3n) is 4.70. The molecule has 2 aromatic heterocycles. The largest absolute Gasteiger partial charge is 0.309 e. The third-order valence-corrected chi connectivity index (χ3v) is 5.61. The van der Waals surface area contributed by atoms with Gasteiger partial charge in [0.1, 0.15) is 0 Å². The molecule has 0 bridgehead atoms. The Balaban J connectivity index is 1.67. The van der Waals surface area contributed by atoms with E-state index in [4.69, 9.17) is 23.2 Å². The van der Waals surface area contributed by atoms with Gasteiger partial charge >= 0.3 is 0 Å². The topological polar surface area (TPSA) is 64.7 Å². The zero-order valence-corrected chi connectivity index (χ0v) is 17.8. The number of anilines is 1. The van der Waals surface area contributed by atoms with Gasteiger partial charge in [-0.15, -0.1) is 0 Å². The second kappa shape index (κ2) is 8.37. The highest BCUT2D eigenvalue weighted by Gasteiger charge is 2.19. The summed E-state index contributed by atoms with van der Waals surface area (Å²) in [5, 5.41) is 13.1. The average molecular weight is 420 g/mol. The van der Waals surface area contributed by atoms with E-state index in [2.05, 4.69) is 15.5 Å². The van der Waals surface area contributed by atoms with E-state index < -0.39 is 0 Å². The number of benzene rings is 1. The molecule has 28 heavy (non-hydrogen) atoms. The van der Waals surface area contributed by atoms with Gasteiger partial charge in [0.25, 0.3) is 0 Å². The highest BCUT2D eigenvalue weighted by molar-refractivity contribution is 6.32. The molecule has 1 amide bonds. The number of carbonyl (C=O) groups is 1. The van der Waals surface area contributed by atoms with E-state index in [1.807, 2.05) is 62.7 Å². The maximum atomic E-state index is 12.6. The number of amides is 1. The standard InChI is InChI=1S/C20H23Cl2N5O/c1-12(10-27-15(4)19(22)14(3)24-27)20(28)23-18-9-13(2)26(25-18)11-16-7-5-6-8-17(16)21/h5-9,12H,10-11H2,1-4H3,(H,23,25,28). The molecule has 0 fully saturated rings. The third kappa shape index (κ3) is 4.39. The van der Waals surface area contributed by atoms with E-state index in [0.717, 1.165) is 22.6 Å². The lowest BCUT2D eigenvalue weighted by molar-refractivity contribution is -0.119. The van der Waals surface area contributed by atoms with E-state index in [0.29, 0.717) is 29.0 Å². The van der Waals surface area contributed by atoms with Crippen molar-refractivity contribution in [1.82, 2.24) is 19.6 Å². The predicted octanol–water partition coefficient (Wildman–Crippen LogP) is 4.63. The van der Waals surface area contributed by atoms with Crippen LogP contribution in [0, 0.1) is 26.7 Å². The minimum absolute atomic E-state index is 0.119. The van der Waals surface area contributed by atoms with Gasteiger partial charge in [0.05, 0.1) is 35.4 Å². The second-order valence-electron chi connectivity index (χ2n) is 6.98. The summed E-state index contributed by atoms with van der Waals surface area (Å²) in [6, 6.07) is 9.50. The van der Waals surface area contributed by atoms with Crippen LogP contribution in [-0.4, -0.2) is 25.5 Å². The highest BCUT2D eigenvalue weighted by atomic mass is 35.5. The zero-order valence-electron chi connectivity index (χ0n) is 16.3. The molecule has 0 aliphatic carbocycles. The summed E-state index contributed by atoms with van der Waals surface area (Å²) >= 11 is 12.4. The van der Waals surface area contributed by atoms with E-state index in [9.17, 15) is 4.79 Å². The first-order valence-corrected chi connectivity index (χ1v) is 9.80. The molecule has 0 saturated carbocycles. The van der Waals surface area contributed by atoms with Crippen LogP contribution in [0.5, 0.6) is 0 Å². The monoisotopic (exact) mass is 419 g/mol. The smallest absolute Gasteiger partial charge is 0.230 e. The summed E-state index contributed by atoms with van der Waals surface area (Å²) in [5.74, 6) is 0.113. The SMILES string of the molecule is Cc1nn(CC(C)C(=O)Nc2cc(C)n(Cc3ccccc3Cl)n2)c(C)c1Cl. The van der Waals surface area contributed by atoms with Crippen LogP contribution in [-0.2, 0) is 17.9 Å². The Morgan fingerprint density at radius 1 is 1.14 bits per heavy atom. The molecule has 3 aromatic rings. The van der Waals surface area contributed by atoms with Gasteiger partial charge in [0.2, 0.25) is 5.91 Å². The fourth-order valence-electron chi connectivity index (χ4n) is 2.96. The maximum Gasteiger partial charge on any atom is 0.230 e. The minimum Gasteiger partial charge on any atom is -0.309 e. The maximum absolute atomic E-state index is 12.6. The van der Waals surface area contributed by atoms with Crippen molar-refractivity contribution in [2.24, 2.45) is 5.92 Å². The molecule has 0 aliphatic rings. The Kier molecular flexibility index (Phi) is 6.10. The van der Waals surface area contributed by atoms with Crippen molar-refractivity contribution in [3.63, 3.8) is 0 Å². The number of halogens is 2. The zero-order chi connectivity index (χ0) is 20.4. The molecule has 148 valence electrons. The van der Waals surface area contributed by atoms with Crippen LogP contribution < -0.4 is 5.32 Å². The van der Waals surface area contributed by atoms with Crippen LogP contribution >= 0.6 is 23.2 Å². The van der Waals surface area contributed by atoms with Crippen LogP contribution in [0.2, 0.25) is 10.0 Å². The molecule has 1 unspecified atom stereocenters. The molecule has 6 nitrogen and oxygen atoms in total. The number of rotatable bonds is 6. The van der Waals surface area contributed by atoms with Gasteiger partial charge in [-0.25, -0.2) is 0 Å². The van der Waals surface area contributed by atoms with E-state index in [-0.39, 0.29) is 11.8 Å². The predicted molar refractivity (Wildman–Crippen MR) is 112 cm³/mol. The van der Waals surface area contributed by atoms with E-state index >= 15 is 0 Å². The van der Waals surface area contributed by atoms with Crippen molar-refractivity contribution in [2.45, 2.75) is 40.8 Å². The van der Waals surface area contributed by atoms with Gasteiger partial charge in [-0.1, -0.05) is 48.3 Å². The van der Waals surface area contributed by atoms with Crippen molar-refractivity contribution < 1.29 is 4.79 Å². The fourth-order valence-corrected chi connectivity index (χ4v) is 3.29. The molecule has 0 aliphatic heterocycles. The summed E-state index contributed by atoms with van der Waals surface area (Å²) in [6.45, 7) is 8.54. The first-order chi connectivity index (χ1) is 13.3. The minimum atomic E-state index is -0.289. The number of carbonyl (C=O) groups excluding carboxylic acids is 1. The first-order valence-electron chi connectivity index (χ1n) is 9.04. The van der Waals surface area contributed by atoms with Gasteiger partial charge in [0, 0.05) is 16.8 Å². The van der Waals surface area contributed by atoms with Crippen LogP contribution in [0.4, 0.5) is 5.82 Å². The lowest BCUT2D eigenvalue weighted by Gasteiger charge is -2.12. The Labute approximate surface area is 174 Å². The van der Waals surface area contributed by atoms with Crippen molar-refractivity contribution in [2.75, 3.05) is 5.32 Å². The van der Waals surface area contributed by atoms with Crippen molar-refractivity contribution in [3.8, 4) is 0 Å². The lowest BCUT2D eigenvalue weighted by atomic mass is 10.1. The molecule has 2 heterocycles. The first kappa shape index (κ1) is 20.4. The van der Waals surface area contributed by atoms with Gasteiger partial charge in [-0.3, -0.25) is 14.2 Å². The van der Waals surface area contributed by atoms with Crippen molar-refractivity contribution in [3.05, 3.63) is 63.0 Å². The molecule has 0 radical (unpaired) electrons. The Morgan fingerprint density at radius 2 is 1.86 bits per heavy atom. The number of nitrogens with one attached hydrogen (secondary N) is 1. The quantitative estimate of drug-likeness (QED) is 0.632. The molecule has 1 atom stereocenters. The summed E-state index contributed by atoms with van der Waals surface area (Å²) in [6.07, 6.45) is 0. The Bertz CT molecular complexity index is 1010. The number of hydrogen-bond donors (Lipinski definition) is 1. The lowest BCUT2D eigenvalue weighted by Crippen LogP contribution is -2.25. The van der Waals surface area contributed by atoms with E-state index in [1.165, 1.54) is 0 Å². The van der Waals surface area contributed by atoms with Gasteiger partial charge < -0.3 is 5.32 Å². The molecule has 0 saturated heterocycles. The van der Waals surface area contributed by atoms with Gasteiger partial charge in [-0.05, 0) is 32.4 Å².